The molecule has 1 fully saturated rings. The third-order valence-electron chi connectivity index (χ3n) is 3.07. The summed E-state index contributed by atoms with van der Waals surface area (Å²) in [6, 6.07) is 1.15. The first kappa shape index (κ1) is 13.8. The third kappa shape index (κ3) is 1.99. The first-order valence-electron chi connectivity index (χ1n) is 5.41. The Morgan fingerprint density at radius 3 is 2.74 bits per heavy atom. The Morgan fingerprint density at radius 2 is 2.26 bits per heavy atom. The number of halogens is 2. The van der Waals surface area contributed by atoms with Crippen LogP contribution in [0.4, 0.5) is 14.6 Å². The quantitative estimate of drug-likeness (QED) is 0.646. The lowest BCUT2D eigenvalue weighted by molar-refractivity contribution is -0.143. The smallest absolute Gasteiger partial charge is 0.351 e. The summed E-state index contributed by atoms with van der Waals surface area (Å²) in [6.45, 7) is 0.304. The van der Waals surface area contributed by atoms with Crippen LogP contribution in [0.25, 0.3) is 0 Å². The summed E-state index contributed by atoms with van der Waals surface area (Å²) < 4.78 is 33.4. The third-order valence-corrected chi connectivity index (χ3v) is 3.07. The molecule has 4 N–H and O–H groups in total. The molecule has 1 unspecified atom stereocenters. The SMILES string of the molecule is C[C@]1(CO)OC(n2ccc(N)nc2=O)C(F)(F)[C@@H]1O. The lowest BCUT2D eigenvalue weighted by Gasteiger charge is -2.24. The highest BCUT2D eigenvalue weighted by Gasteiger charge is 2.64. The van der Waals surface area contributed by atoms with E-state index in [1.54, 1.807) is 0 Å². The van der Waals surface area contributed by atoms with Gasteiger partial charge in [-0.2, -0.15) is 13.8 Å². The van der Waals surface area contributed by atoms with Gasteiger partial charge in [0, 0.05) is 6.20 Å². The average Bonchev–Trinajstić information content (AvgIpc) is 2.51. The summed E-state index contributed by atoms with van der Waals surface area (Å²) in [5.41, 5.74) is 2.36. The fourth-order valence-electron chi connectivity index (χ4n) is 1.91. The molecule has 1 aromatic heterocycles. The molecule has 1 aliphatic rings. The van der Waals surface area contributed by atoms with Gasteiger partial charge in [-0.15, -0.1) is 0 Å². The minimum atomic E-state index is -3.75. The van der Waals surface area contributed by atoms with Crippen LogP contribution in [0.2, 0.25) is 0 Å². The molecular formula is C10H13F2N3O4. The van der Waals surface area contributed by atoms with Crippen LogP contribution in [-0.4, -0.2) is 44.0 Å². The second kappa shape index (κ2) is 4.22. The highest BCUT2D eigenvalue weighted by Crippen LogP contribution is 2.47. The van der Waals surface area contributed by atoms with Crippen LogP contribution in [-0.2, 0) is 4.74 Å². The van der Waals surface area contributed by atoms with Crippen molar-refractivity contribution in [3.63, 3.8) is 0 Å². The Labute approximate surface area is 106 Å². The van der Waals surface area contributed by atoms with E-state index in [2.05, 4.69) is 4.98 Å². The number of hydrogen-bond donors (Lipinski definition) is 3. The molecule has 0 bridgehead atoms. The van der Waals surface area contributed by atoms with Gasteiger partial charge in [0.15, 0.2) is 6.10 Å². The van der Waals surface area contributed by atoms with Crippen molar-refractivity contribution in [3.8, 4) is 0 Å². The summed E-state index contributed by atoms with van der Waals surface area (Å²) in [7, 11) is 0. The largest absolute Gasteiger partial charge is 0.393 e. The maximum absolute atomic E-state index is 13.9. The second-order valence-electron chi connectivity index (χ2n) is 4.56. The Balaban J connectivity index is 2.48. The minimum absolute atomic E-state index is 0.118. The van der Waals surface area contributed by atoms with Crippen molar-refractivity contribution in [1.29, 1.82) is 0 Å². The molecule has 7 nitrogen and oxygen atoms in total. The molecule has 0 radical (unpaired) electrons. The van der Waals surface area contributed by atoms with Gasteiger partial charge in [-0.25, -0.2) is 4.79 Å². The summed E-state index contributed by atoms with van der Waals surface area (Å²) in [5.74, 6) is -3.87. The van der Waals surface area contributed by atoms with Crippen molar-refractivity contribution in [3.05, 3.63) is 22.7 Å². The molecule has 9 heteroatoms. The molecule has 2 heterocycles. The summed E-state index contributed by atoms with van der Waals surface area (Å²) in [4.78, 5) is 14.8. The molecule has 19 heavy (non-hydrogen) atoms. The highest BCUT2D eigenvalue weighted by atomic mass is 19.3. The maximum Gasteiger partial charge on any atom is 0.351 e. The topological polar surface area (TPSA) is 111 Å². The monoisotopic (exact) mass is 277 g/mol. The van der Waals surface area contributed by atoms with E-state index in [0.717, 1.165) is 19.2 Å². The first-order chi connectivity index (χ1) is 8.72. The second-order valence-corrected chi connectivity index (χ2v) is 4.56. The number of alkyl halides is 2. The number of nitrogens with two attached hydrogens (primary N) is 1. The van der Waals surface area contributed by atoms with E-state index in [0.29, 0.717) is 4.57 Å². The number of hydrogen-bond acceptors (Lipinski definition) is 6. The van der Waals surface area contributed by atoms with Gasteiger partial charge >= 0.3 is 11.6 Å². The molecule has 1 saturated heterocycles. The molecule has 106 valence electrons. The summed E-state index contributed by atoms with van der Waals surface area (Å²) >= 11 is 0. The maximum atomic E-state index is 13.9. The number of aliphatic hydroxyl groups is 2. The number of aromatic nitrogens is 2. The van der Waals surface area contributed by atoms with Gasteiger partial charge in [-0.05, 0) is 13.0 Å². The van der Waals surface area contributed by atoms with E-state index in [1.165, 1.54) is 0 Å². The predicted octanol–water partition coefficient (Wildman–Crippen LogP) is -0.899. The zero-order valence-corrected chi connectivity index (χ0v) is 9.96. The molecule has 0 amide bonds. The van der Waals surface area contributed by atoms with Crippen molar-refractivity contribution >= 4 is 5.82 Å². The predicted molar refractivity (Wildman–Crippen MR) is 59.5 cm³/mol. The molecule has 3 atom stereocenters. The zero-order chi connectivity index (χ0) is 14.4. The Morgan fingerprint density at radius 1 is 1.63 bits per heavy atom. The van der Waals surface area contributed by atoms with E-state index in [1.807, 2.05) is 0 Å². The number of nitrogens with zero attached hydrogens (tertiary/aromatic N) is 2. The first-order valence-corrected chi connectivity index (χ1v) is 5.41. The number of rotatable bonds is 2. The van der Waals surface area contributed by atoms with Crippen molar-refractivity contribution in [2.45, 2.75) is 30.8 Å². The molecule has 0 saturated carbocycles. The highest BCUT2D eigenvalue weighted by molar-refractivity contribution is 5.23. The van der Waals surface area contributed by atoms with Gasteiger partial charge in [0.2, 0.25) is 6.23 Å². The summed E-state index contributed by atoms with van der Waals surface area (Å²) in [5, 5.41) is 18.6. The molecule has 0 aromatic carbocycles. The van der Waals surface area contributed by atoms with Crippen molar-refractivity contribution < 1.29 is 23.7 Å². The lowest BCUT2D eigenvalue weighted by atomic mass is 9.98. The van der Waals surface area contributed by atoms with Gasteiger partial charge in [0.1, 0.15) is 11.4 Å². The van der Waals surface area contributed by atoms with Gasteiger partial charge < -0.3 is 20.7 Å². The zero-order valence-electron chi connectivity index (χ0n) is 9.96. The van der Waals surface area contributed by atoms with Crippen molar-refractivity contribution in [1.82, 2.24) is 9.55 Å². The minimum Gasteiger partial charge on any atom is -0.393 e. The van der Waals surface area contributed by atoms with E-state index in [9.17, 15) is 18.7 Å². The Bertz CT molecular complexity index is 550. The van der Waals surface area contributed by atoms with Gasteiger partial charge in [0.25, 0.3) is 0 Å². The van der Waals surface area contributed by atoms with E-state index in [4.69, 9.17) is 15.6 Å². The Hall–Kier alpha value is -1.58. The average molecular weight is 277 g/mol. The van der Waals surface area contributed by atoms with Gasteiger partial charge in [-0.3, -0.25) is 4.57 Å². The number of anilines is 1. The van der Waals surface area contributed by atoms with Crippen LogP contribution < -0.4 is 11.4 Å². The van der Waals surface area contributed by atoms with E-state index < -0.39 is 36.2 Å². The molecular weight excluding hydrogens is 264 g/mol. The molecule has 0 aliphatic carbocycles. The van der Waals surface area contributed by atoms with E-state index >= 15 is 0 Å². The van der Waals surface area contributed by atoms with Crippen molar-refractivity contribution in [2.75, 3.05) is 12.3 Å². The van der Waals surface area contributed by atoms with Crippen LogP contribution in [0, 0.1) is 0 Å². The molecule has 1 aliphatic heterocycles. The van der Waals surface area contributed by atoms with Crippen LogP contribution >= 0.6 is 0 Å². The van der Waals surface area contributed by atoms with Crippen LogP contribution in [0.1, 0.15) is 13.2 Å². The van der Waals surface area contributed by atoms with Crippen LogP contribution in [0.5, 0.6) is 0 Å². The number of nitrogen functional groups attached to an aromatic ring is 1. The van der Waals surface area contributed by atoms with E-state index in [-0.39, 0.29) is 5.82 Å². The number of ether oxygens (including phenoxy) is 1. The van der Waals surface area contributed by atoms with Gasteiger partial charge in [-0.1, -0.05) is 0 Å². The van der Waals surface area contributed by atoms with Crippen LogP contribution in [0.15, 0.2) is 17.1 Å². The van der Waals surface area contributed by atoms with Crippen LogP contribution in [0.3, 0.4) is 0 Å². The number of aliphatic hydroxyl groups excluding tert-OH is 2. The summed E-state index contributed by atoms with van der Waals surface area (Å²) in [6.07, 6.45) is -3.31. The fraction of sp³-hybridized carbons (Fsp3) is 0.600. The fourth-order valence-corrected chi connectivity index (χ4v) is 1.91. The van der Waals surface area contributed by atoms with Crippen molar-refractivity contribution in [2.24, 2.45) is 0 Å². The Kier molecular flexibility index (Phi) is 3.07. The molecule has 2 rings (SSSR count). The normalized spacial score (nSPS) is 33.5. The lowest BCUT2D eigenvalue weighted by Crippen LogP contribution is -2.46. The van der Waals surface area contributed by atoms with Gasteiger partial charge in [0.05, 0.1) is 6.61 Å². The molecule has 1 aromatic rings. The standard InChI is InChI=1S/C10H13F2N3O4/c1-9(4-16)6(17)10(11,12)7(19-9)15-3-2-5(13)14-8(15)18/h2-3,6-7,16-17H,4H2,1H3,(H2,13,14,18)/t6-,7?,9-/m1/s1. The molecule has 0 spiro atoms.